The standard InChI is InChI=1S/C25H31N5O3/c1-18-21-7-8-22(31)30(15-19-5-3-2-4-6-19)25(21)27-24(26-18)20-9-10-29(16-20)23(32)17-28-11-13-33-14-12-28/h2-6,20H,7-17H2,1H3/t20-/m1/s1. The maximum absolute atomic E-state index is 12.8. The number of hydrogen-bond donors (Lipinski definition) is 0. The van der Waals surface area contributed by atoms with Crippen LogP contribution in [0.2, 0.25) is 0 Å². The smallest absolute Gasteiger partial charge is 0.236 e. The van der Waals surface area contributed by atoms with Crippen LogP contribution in [0.4, 0.5) is 5.82 Å². The van der Waals surface area contributed by atoms with Crippen molar-refractivity contribution in [3.8, 4) is 0 Å². The molecule has 174 valence electrons. The predicted octanol–water partition coefficient (Wildman–Crippen LogP) is 1.91. The first-order chi connectivity index (χ1) is 16.1. The molecule has 1 atom stereocenters. The number of fused-ring (bicyclic) bond motifs is 1. The van der Waals surface area contributed by atoms with E-state index in [1.165, 1.54) is 0 Å². The number of rotatable bonds is 5. The highest BCUT2D eigenvalue weighted by atomic mass is 16.5. The molecule has 0 aliphatic carbocycles. The Morgan fingerprint density at radius 3 is 2.67 bits per heavy atom. The Balaban J connectivity index is 1.33. The molecular weight excluding hydrogens is 418 g/mol. The summed E-state index contributed by atoms with van der Waals surface area (Å²) < 4.78 is 5.38. The summed E-state index contributed by atoms with van der Waals surface area (Å²) in [5, 5.41) is 0. The Bertz CT molecular complexity index is 1020. The third-order valence-corrected chi connectivity index (χ3v) is 6.91. The van der Waals surface area contributed by atoms with Gasteiger partial charge in [-0.2, -0.15) is 0 Å². The zero-order chi connectivity index (χ0) is 22.8. The van der Waals surface area contributed by atoms with Crippen molar-refractivity contribution in [2.75, 3.05) is 50.8 Å². The zero-order valence-electron chi connectivity index (χ0n) is 19.2. The lowest BCUT2D eigenvalue weighted by Crippen LogP contribution is -2.44. The highest BCUT2D eigenvalue weighted by Gasteiger charge is 2.33. The fourth-order valence-corrected chi connectivity index (χ4v) is 4.96. The van der Waals surface area contributed by atoms with Gasteiger partial charge in [-0.05, 0) is 25.3 Å². The maximum Gasteiger partial charge on any atom is 0.236 e. The van der Waals surface area contributed by atoms with Crippen LogP contribution in [0.1, 0.15) is 41.4 Å². The maximum atomic E-state index is 12.8. The van der Waals surface area contributed by atoms with Crippen LogP contribution in [0.5, 0.6) is 0 Å². The van der Waals surface area contributed by atoms with Crippen LogP contribution in [0.3, 0.4) is 0 Å². The second kappa shape index (κ2) is 9.57. The zero-order valence-corrected chi connectivity index (χ0v) is 19.2. The van der Waals surface area contributed by atoms with Crippen LogP contribution in [-0.2, 0) is 27.3 Å². The van der Waals surface area contributed by atoms with E-state index < -0.39 is 0 Å². The van der Waals surface area contributed by atoms with E-state index >= 15 is 0 Å². The van der Waals surface area contributed by atoms with Gasteiger partial charge in [-0.3, -0.25) is 19.4 Å². The van der Waals surface area contributed by atoms with Gasteiger partial charge in [0.1, 0.15) is 11.6 Å². The van der Waals surface area contributed by atoms with Crippen LogP contribution in [-0.4, -0.2) is 77.5 Å². The Labute approximate surface area is 194 Å². The van der Waals surface area contributed by atoms with E-state index in [1.807, 2.05) is 47.1 Å². The summed E-state index contributed by atoms with van der Waals surface area (Å²) in [6, 6.07) is 10.0. The van der Waals surface area contributed by atoms with Gasteiger partial charge in [-0.25, -0.2) is 9.97 Å². The lowest BCUT2D eigenvalue weighted by atomic mass is 10.0. The summed E-state index contributed by atoms with van der Waals surface area (Å²) in [5.41, 5.74) is 3.09. The van der Waals surface area contributed by atoms with Crippen molar-refractivity contribution in [3.63, 3.8) is 0 Å². The number of aromatic nitrogens is 2. The van der Waals surface area contributed by atoms with Crippen molar-refractivity contribution in [2.45, 2.75) is 38.6 Å². The Kier molecular flexibility index (Phi) is 6.37. The van der Waals surface area contributed by atoms with E-state index in [1.54, 1.807) is 0 Å². The predicted molar refractivity (Wildman–Crippen MR) is 124 cm³/mol. The minimum absolute atomic E-state index is 0.0956. The second-order valence-corrected chi connectivity index (χ2v) is 9.15. The van der Waals surface area contributed by atoms with Crippen LogP contribution < -0.4 is 4.90 Å². The van der Waals surface area contributed by atoms with Gasteiger partial charge in [0.25, 0.3) is 0 Å². The monoisotopic (exact) mass is 449 g/mol. The van der Waals surface area contributed by atoms with E-state index in [0.29, 0.717) is 45.7 Å². The molecule has 2 fully saturated rings. The van der Waals surface area contributed by atoms with Crippen LogP contribution >= 0.6 is 0 Å². The van der Waals surface area contributed by atoms with Crippen LogP contribution in [0.25, 0.3) is 0 Å². The minimum atomic E-state index is 0.0956. The number of carbonyl (C=O) groups is 2. The van der Waals surface area contributed by atoms with Gasteiger partial charge in [0.15, 0.2) is 0 Å². The molecule has 0 unspecified atom stereocenters. The first-order valence-corrected chi connectivity index (χ1v) is 11.9. The number of likely N-dealkylation sites (tertiary alicyclic amines) is 1. The fraction of sp³-hybridized carbons (Fsp3) is 0.520. The third kappa shape index (κ3) is 4.77. The third-order valence-electron chi connectivity index (χ3n) is 6.91. The summed E-state index contributed by atoms with van der Waals surface area (Å²) in [6.07, 6.45) is 2.01. The van der Waals surface area contributed by atoms with Gasteiger partial charge in [-0.1, -0.05) is 30.3 Å². The molecule has 0 saturated carbocycles. The van der Waals surface area contributed by atoms with Crippen LogP contribution in [0.15, 0.2) is 30.3 Å². The highest BCUT2D eigenvalue weighted by molar-refractivity contribution is 5.95. The summed E-state index contributed by atoms with van der Waals surface area (Å²) in [7, 11) is 0. The van der Waals surface area contributed by atoms with E-state index in [4.69, 9.17) is 14.7 Å². The van der Waals surface area contributed by atoms with Crippen molar-refractivity contribution < 1.29 is 14.3 Å². The van der Waals surface area contributed by atoms with E-state index in [2.05, 4.69) is 4.90 Å². The fourth-order valence-electron chi connectivity index (χ4n) is 4.96. The van der Waals surface area contributed by atoms with Gasteiger partial charge in [-0.15, -0.1) is 0 Å². The van der Waals surface area contributed by atoms with Crippen molar-refractivity contribution in [1.82, 2.24) is 19.8 Å². The normalized spacial score (nSPS) is 21.4. The molecule has 0 N–H and O–H groups in total. The minimum Gasteiger partial charge on any atom is -0.379 e. The molecule has 2 aromatic rings. The molecule has 33 heavy (non-hydrogen) atoms. The van der Waals surface area contributed by atoms with E-state index in [9.17, 15) is 9.59 Å². The van der Waals surface area contributed by atoms with E-state index in [-0.39, 0.29) is 17.7 Å². The summed E-state index contributed by atoms with van der Waals surface area (Å²) in [5.74, 6) is 1.86. The largest absolute Gasteiger partial charge is 0.379 e. The summed E-state index contributed by atoms with van der Waals surface area (Å²) in [4.78, 5) is 41.3. The van der Waals surface area contributed by atoms with Gasteiger partial charge >= 0.3 is 0 Å². The number of anilines is 1. The van der Waals surface area contributed by atoms with Crippen molar-refractivity contribution >= 4 is 17.6 Å². The molecule has 2 amide bonds. The number of amides is 2. The number of carbonyl (C=O) groups excluding carboxylic acids is 2. The molecule has 0 bridgehead atoms. The van der Waals surface area contributed by atoms with Gasteiger partial charge in [0.2, 0.25) is 11.8 Å². The number of hydrogen-bond acceptors (Lipinski definition) is 6. The molecule has 1 aromatic heterocycles. The van der Waals surface area contributed by atoms with E-state index in [0.717, 1.165) is 54.5 Å². The first-order valence-electron chi connectivity index (χ1n) is 11.9. The van der Waals surface area contributed by atoms with Crippen LogP contribution in [0, 0.1) is 6.92 Å². The molecule has 5 rings (SSSR count). The number of nitrogens with zero attached hydrogens (tertiary/aromatic N) is 5. The molecule has 8 nitrogen and oxygen atoms in total. The van der Waals surface area contributed by atoms with Gasteiger partial charge in [0.05, 0.1) is 26.3 Å². The SMILES string of the molecule is Cc1nc([C@@H]2CCN(C(=O)CN3CCOCC3)C2)nc2c1CCC(=O)N2Cc1ccccc1. The molecule has 8 heteroatoms. The quantitative estimate of drug-likeness (QED) is 0.694. The summed E-state index contributed by atoms with van der Waals surface area (Å²) in [6.45, 7) is 7.32. The number of morpholine rings is 1. The molecule has 3 aliphatic heterocycles. The van der Waals surface area contributed by atoms with Gasteiger partial charge < -0.3 is 9.64 Å². The average Bonchev–Trinajstić information content (AvgIpc) is 3.33. The highest BCUT2D eigenvalue weighted by Crippen LogP contribution is 2.33. The molecule has 3 aliphatic rings. The van der Waals surface area contributed by atoms with Crippen molar-refractivity contribution in [2.24, 2.45) is 0 Å². The molecule has 4 heterocycles. The Morgan fingerprint density at radius 1 is 1.09 bits per heavy atom. The molecular formula is C25H31N5O3. The second-order valence-electron chi connectivity index (χ2n) is 9.15. The molecule has 0 spiro atoms. The van der Waals surface area contributed by atoms with Gasteiger partial charge in [0, 0.05) is 49.8 Å². The lowest BCUT2D eigenvalue weighted by Gasteiger charge is -2.30. The Morgan fingerprint density at radius 2 is 1.88 bits per heavy atom. The topological polar surface area (TPSA) is 78.9 Å². The Hall–Kier alpha value is -2.84. The molecule has 0 radical (unpaired) electrons. The molecule has 1 aromatic carbocycles. The lowest BCUT2D eigenvalue weighted by molar-refractivity contribution is -0.132. The van der Waals surface area contributed by atoms with Crippen molar-refractivity contribution in [1.29, 1.82) is 0 Å². The number of aryl methyl sites for hydroxylation is 1. The molecule has 2 saturated heterocycles. The average molecular weight is 450 g/mol. The van der Waals surface area contributed by atoms with Crippen molar-refractivity contribution in [3.05, 3.63) is 53.0 Å². The first kappa shape index (κ1) is 22.0. The number of benzene rings is 1. The number of ether oxygens (including phenoxy) is 1. The summed E-state index contributed by atoms with van der Waals surface area (Å²) >= 11 is 0.